The summed E-state index contributed by atoms with van der Waals surface area (Å²) in [6.45, 7) is 3.87. The number of amides is 1. The van der Waals surface area contributed by atoms with E-state index < -0.39 is 0 Å². The molecule has 0 aromatic heterocycles. The molecule has 2 rings (SSSR count). The third kappa shape index (κ3) is 4.38. The smallest absolute Gasteiger partial charge is 0.260 e. The second-order valence-corrected chi connectivity index (χ2v) is 4.98. The molecular formula is C16H20N2O3. The van der Waals surface area contributed by atoms with Crippen molar-refractivity contribution in [3.8, 4) is 17.6 Å². The predicted molar refractivity (Wildman–Crippen MR) is 78.0 cm³/mol. The van der Waals surface area contributed by atoms with Gasteiger partial charge in [0, 0.05) is 19.0 Å². The minimum absolute atomic E-state index is 0.0275. The lowest BCUT2D eigenvalue weighted by molar-refractivity contribution is -0.134. The molecule has 1 heterocycles. The van der Waals surface area contributed by atoms with Crippen molar-refractivity contribution in [1.82, 2.24) is 4.90 Å². The maximum atomic E-state index is 12.0. The summed E-state index contributed by atoms with van der Waals surface area (Å²) in [5.41, 5.74) is 0. The number of piperidine rings is 1. The first-order valence-corrected chi connectivity index (χ1v) is 7.26. The van der Waals surface area contributed by atoms with Gasteiger partial charge in [0.2, 0.25) is 0 Å². The quantitative estimate of drug-likeness (QED) is 0.833. The monoisotopic (exact) mass is 288 g/mol. The van der Waals surface area contributed by atoms with Gasteiger partial charge in [-0.05, 0) is 44.0 Å². The average molecular weight is 288 g/mol. The number of hydrogen-bond acceptors (Lipinski definition) is 4. The number of likely N-dealkylation sites (tertiary alicyclic amines) is 1. The maximum Gasteiger partial charge on any atom is 0.260 e. The van der Waals surface area contributed by atoms with Crippen molar-refractivity contribution < 1.29 is 14.3 Å². The summed E-state index contributed by atoms with van der Waals surface area (Å²) in [7, 11) is 0. The highest BCUT2D eigenvalue weighted by molar-refractivity contribution is 5.77. The molecule has 21 heavy (non-hydrogen) atoms. The number of benzene rings is 1. The van der Waals surface area contributed by atoms with Crippen LogP contribution >= 0.6 is 0 Å². The van der Waals surface area contributed by atoms with Crippen molar-refractivity contribution in [2.24, 2.45) is 5.92 Å². The highest BCUT2D eigenvalue weighted by Gasteiger charge is 2.22. The van der Waals surface area contributed by atoms with Crippen LogP contribution in [0.25, 0.3) is 0 Å². The summed E-state index contributed by atoms with van der Waals surface area (Å²) >= 11 is 0. The van der Waals surface area contributed by atoms with Crippen LogP contribution < -0.4 is 9.47 Å². The van der Waals surface area contributed by atoms with Crippen molar-refractivity contribution in [1.29, 1.82) is 5.26 Å². The minimum Gasteiger partial charge on any atom is -0.494 e. The van der Waals surface area contributed by atoms with Crippen molar-refractivity contribution in [3.05, 3.63) is 24.3 Å². The fourth-order valence-electron chi connectivity index (χ4n) is 2.29. The van der Waals surface area contributed by atoms with Crippen LogP contribution in [0.1, 0.15) is 19.8 Å². The molecule has 0 atom stereocenters. The van der Waals surface area contributed by atoms with Gasteiger partial charge < -0.3 is 14.4 Å². The lowest BCUT2D eigenvalue weighted by Crippen LogP contribution is -2.40. The number of carbonyl (C=O) groups excluding carboxylic acids is 1. The van der Waals surface area contributed by atoms with E-state index in [-0.39, 0.29) is 18.4 Å². The molecule has 0 spiro atoms. The Morgan fingerprint density at radius 2 is 1.81 bits per heavy atom. The van der Waals surface area contributed by atoms with Gasteiger partial charge in [-0.25, -0.2) is 0 Å². The van der Waals surface area contributed by atoms with E-state index in [4.69, 9.17) is 14.7 Å². The Balaban J connectivity index is 1.77. The third-order valence-corrected chi connectivity index (χ3v) is 3.53. The lowest BCUT2D eigenvalue weighted by atomic mass is 9.99. The van der Waals surface area contributed by atoms with Crippen LogP contribution in [0.5, 0.6) is 11.5 Å². The van der Waals surface area contributed by atoms with E-state index in [0.717, 1.165) is 18.6 Å². The molecule has 0 bridgehead atoms. The van der Waals surface area contributed by atoms with Crippen molar-refractivity contribution in [3.63, 3.8) is 0 Å². The zero-order chi connectivity index (χ0) is 15.1. The number of carbonyl (C=O) groups is 1. The molecule has 1 aromatic carbocycles. The summed E-state index contributed by atoms with van der Waals surface area (Å²) in [6.07, 6.45) is 1.51. The summed E-state index contributed by atoms with van der Waals surface area (Å²) in [4.78, 5) is 13.8. The molecule has 0 unspecified atom stereocenters. The van der Waals surface area contributed by atoms with E-state index >= 15 is 0 Å². The van der Waals surface area contributed by atoms with Gasteiger partial charge in [0.15, 0.2) is 6.61 Å². The van der Waals surface area contributed by atoms with Gasteiger partial charge in [-0.15, -0.1) is 0 Å². The maximum absolute atomic E-state index is 12.0. The van der Waals surface area contributed by atoms with Gasteiger partial charge >= 0.3 is 0 Å². The van der Waals surface area contributed by atoms with E-state index in [0.29, 0.717) is 25.4 Å². The van der Waals surface area contributed by atoms with E-state index in [1.165, 1.54) is 0 Å². The second kappa shape index (κ2) is 7.53. The van der Waals surface area contributed by atoms with Gasteiger partial charge in [-0.1, -0.05) is 0 Å². The Kier molecular flexibility index (Phi) is 5.44. The zero-order valence-corrected chi connectivity index (χ0v) is 12.2. The molecule has 1 amide bonds. The largest absolute Gasteiger partial charge is 0.494 e. The van der Waals surface area contributed by atoms with Gasteiger partial charge in [0.05, 0.1) is 12.7 Å². The number of ether oxygens (including phenoxy) is 2. The molecule has 1 aromatic rings. The van der Waals surface area contributed by atoms with E-state index in [2.05, 4.69) is 6.07 Å². The summed E-state index contributed by atoms with van der Waals surface area (Å²) in [6, 6.07) is 9.48. The SMILES string of the molecule is CCOc1ccc(OCC(=O)N2CCC(C#N)CC2)cc1. The van der Waals surface area contributed by atoms with Crippen molar-refractivity contribution in [2.45, 2.75) is 19.8 Å². The van der Waals surface area contributed by atoms with Crippen LogP contribution in [-0.4, -0.2) is 37.1 Å². The summed E-state index contributed by atoms with van der Waals surface area (Å²) in [5.74, 6) is 1.50. The fourth-order valence-corrected chi connectivity index (χ4v) is 2.29. The van der Waals surface area contributed by atoms with Crippen LogP contribution in [0.4, 0.5) is 0 Å². The first-order chi connectivity index (χ1) is 10.2. The number of nitrogens with zero attached hydrogens (tertiary/aromatic N) is 2. The Hall–Kier alpha value is -2.22. The highest BCUT2D eigenvalue weighted by atomic mass is 16.5. The summed E-state index contributed by atoms with van der Waals surface area (Å²) < 4.78 is 10.8. The molecule has 1 aliphatic heterocycles. The fraction of sp³-hybridized carbons (Fsp3) is 0.500. The third-order valence-electron chi connectivity index (χ3n) is 3.53. The van der Waals surface area contributed by atoms with Crippen LogP contribution in [-0.2, 0) is 4.79 Å². The van der Waals surface area contributed by atoms with Crippen LogP contribution in [0.2, 0.25) is 0 Å². The van der Waals surface area contributed by atoms with E-state index in [9.17, 15) is 4.79 Å². The molecule has 1 saturated heterocycles. The van der Waals surface area contributed by atoms with Gasteiger partial charge in [-0.3, -0.25) is 4.79 Å². The Labute approximate surface area is 125 Å². The average Bonchev–Trinajstić information content (AvgIpc) is 2.54. The zero-order valence-electron chi connectivity index (χ0n) is 12.2. The van der Waals surface area contributed by atoms with Crippen molar-refractivity contribution >= 4 is 5.91 Å². The Morgan fingerprint density at radius 3 is 2.33 bits per heavy atom. The first kappa shape index (κ1) is 15.2. The Bertz CT molecular complexity index is 499. The Morgan fingerprint density at radius 1 is 1.24 bits per heavy atom. The van der Waals surface area contributed by atoms with Gasteiger partial charge in [0.1, 0.15) is 11.5 Å². The second-order valence-electron chi connectivity index (χ2n) is 4.98. The topological polar surface area (TPSA) is 62.6 Å². The van der Waals surface area contributed by atoms with Crippen LogP contribution in [0, 0.1) is 17.2 Å². The van der Waals surface area contributed by atoms with Crippen LogP contribution in [0.3, 0.4) is 0 Å². The van der Waals surface area contributed by atoms with Gasteiger partial charge in [-0.2, -0.15) is 5.26 Å². The van der Waals surface area contributed by atoms with Crippen molar-refractivity contribution in [2.75, 3.05) is 26.3 Å². The molecule has 1 fully saturated rings. The molecule has 5 nitrogen and oxygen atoms in total. The molecule has 5 heteroatoms. The molecule has 0 aliphatic carbocycles. The van der Waals surface area contributed by atoms with Crippen LogP contribution in [0.15, 0.2) is 24.3 Å². The molecule has 1 aliphatic rings. The standard InChI is InChI=1S/C16H20N2O3/c1-2-20-14-3-5-15(6-4-14)21-12-16(19)18-9-7-13(11-17)8-10-18/h3-6,13H,2,7-10,12H2,1H3. The molecule has 0 N–H and O–H groups in total. The molecule has 0 saturated carbocycles. The first-order valence-electron chi connectivity index (χ1n) is 7.26. The summed E-state index contributed by atoms with van der Waals surface area (Å²) in [5, 5.41) is 8.84. The van der Waals surface area contributed by atoms with Gasteiger partial charge in [0.25, 0.3) is 5.91 Å². The van der Waals surface area contributed by atoms with E-state index in [1.54, 1.807) is 17.0 Å². The molecule has 0 radical (unpaired) electrons. The van der Waals surface area contributed by atoms with E-state index in [1.807, 2.05) is 19.1 Å². The number of nitriles is 1. The molecular weight excluding hydrogens is 268 g/mol. The minimum atomic E-state index is -0.0275. The normalized spacial score (nSPS) is 15.3. The predicted octanol–water partition coefficient (Wildman–Crippen LogP) is 2.23. The number of rotatable bonds is 5. The molecule has 112 valence electrons. The lowest BCUT2D eigenvalue weighted by Gasteiger charge is -2.29. The highest BCUT2D eigenvalue weighted by Crippen LogP contribution is 2.19. The number of hydrogen-bond donors (Lipinski definition) is 0.